The molecule has 144 valence electrons. The predicted molar refractivity (Wildman–Crippen MR) is 113 cm³/mol. The average molecular weight is 482 g/mol. The Morgan fingerprint density at radius 3 is 2.75 bits per heavy atom. The number of hydrogen-bond acceptors (Lipinski definition) is 5. The van der Waals surface area contributed by atoms with Crippen molar-refractivity contribution in [1.82, 2.24) is 4.90 Å². The lowest BCUT2D eigenvalue weighted by Gasteiger charge is -2.13. The van der Waals surface area contributed by atoms with Gasteiger partial charge in [-0.1, -0.05) is 39.7 Å². The number of halogens is 2. The number of amides is 3. The highest BCUT2D eigenvalue weighted by atomic mass is 79.9. The van der Waals surface area contributed by atoms with Gasteiger partial charge in [0.1, 0.15) is 12.3 Å². The van der Waals surface area contributed by atoms with Crippen molar-refractivity contribution in [3.63, 3.8) is 0 Å². The van der Waals surface area contributed by atoms with Crippen molar-refractivity contribution in [2.75, 3.05) is 19.0 Å². The third kappa shape index (κ3) is 4.76. The maximum Gasteiger partial charge on any atom is 0.294 e. The van der Waals surface area contributed by atoms with Gasteiger partial charge >= 0.3 is 0 Å². The Kier molecular flexibility index (Phi) is 6.43. The molecule has 1 heterocycles. The number of carbonyl (C=O) groups is 3. The topological polar surface area (TPSA) is 75.7 Å². The van der Waals surface area contributed by atoms with Gasteiger partial charge in [0.15, 0.2) is 0 Å². The van der Waals surface area contributed by atoms with Crippen molar-refractivity contribution in [1.29, 1.82) is 0 Å². The van der Waals surface area contributed by atoms with Gasteiger partial charge in [-0.3, -0.25) is 19.3 Å². The molecular formula is C19H14BrClN2O4S. The Balaban J connectivity index is 1.68. The molecule has 0 unspecified atom stereocenters. The van der Waals surface area contributed by atoms with Gasteiger partial charge in [0.2, 0.25) is 5.91 Å². The second kappa shape index (κ2) is 8.81. The highest BCUT2D eigenvalue weighted by Gasteiger charge is 2.36. The summed E-state index contributed by atoms with van der Waals surface area (Å²) >= 11 is 10.2. The average Bonchev–Trinajstić information content (AvgIpc) is 2.89. The standard InChI is InChI=1S/C19H14BrClN2O4S/c1-27-15-6-5-13(9-14(15)21)22-17(24)10-23-18(25)16(28-19(23)26)8-11-3-2-4-12(20)7-11/h2-9H,10H2,1H3,(H,22,24). The summed E-state index contributed by atoms with van der Waals surface area (Å²) in [5, 5.41) is 2.46. The van der Waals surface area contributed by atoms with Gasteiger partial charge in [0, 0.05) is 10.2 Å². The fourth-order valence-corrected chi connectivity index (χ4v) is 3.99. The third-order valence-corrected chi connectivity index (χ3v) is 5.45. The molecule has 1 aliphatic heterocycles. The number of methoxy groups -OCH3 is 1. The first-order chi connectivity index (χ1) is 13.4. The molecule has 3 rings (SSSR count). The van der Waals surface area contributed by atoms with Crippen LogP contribution in [-0.4, -0.2) is 35.6 Å². The minimum absolute atomic E-state index is 0.267. The molecule has 0 aromatic heterocycles. The normalized spacial score (nSPS) is 15.2. The largest absolute Gasteiger partial charge is 0.495 e. The lowest BCUT2D eigenvalue weighted by molar-refractivity contribution is -0.127. The van der Waals surface area contributed by atoms with Crippen molar-refractivity contribution in [2.45, 2.75) is 0 Å². The maximum absolute atomic E-state index is 12.5. The summed E-state index contributed by atoms with van der Waals surface area (Å²) in [5.74, 6) is -0.534. The van der Waals surface area contributed by atoms with E-state index in [0.717, 1.165) is 26.7 Å². The molecule has 6 nitrogen and oxygen atoms in total. The van der Waals surface area contributed by atoms with Crippen LogP contribution in [0, 0.1) is 0 Å². The van der Waals surface area contributed by atoms with Crippen LogP contribution in [0.4, 0.5) is 10.5 Å². The number of rotatable bonds is 5. The van der Waals surface area contributed by atoms with Crippen LogP contribution in [0.1, 0.15) is 5.56 Å². The van der Waals surface area contributed by atoms with Gasteiger partial charge in [-0.25, -0.2) is 0 Å². The number of nitrogens with zero attached hydrogens (tertiary/aromatic N) is 1. The van der Waals surface area contributed by atoms with Gasteiger partial charge in [-0.05, 0) is 53.7 Å². The van der Waals surface area contributed by atoms with Crippen molar-refractivity contribution in [2.24, 2.45) is 0 Å². The zero-order chi connectivity index (χ0) is 20.3. The van der Waals surface area contributed by atoms with E-state index in [1.54, 1.807) is 18.2 Å². The van der Waals surface area contributed by atoms with Crippen molar-refractivity contribution in [3.05, 3.63) is 62.4 Å². The van der Waals surface area contributed by atoms with Crippen molar-refractivity contribution in [3.8, 4) is 5.75 Å². The number of hydrogen-bond donors (Lipinski definition) is 1. The van der Waals surface area contributed by atoms with Gasteiger partial charge in [-0.15, -0.1) is 0 Å². The van der Waals surface area contributed by atoms with Crippen LogP contribution in [0.2, 0.25) is 5.02 Å². The maximum atomic E-state index is 12.5. The Morgan fingerprint density at radius 1 is 1.29 bits per heavy atom. The summed E-state index contributed by atoms with van der Waals surface area (Å²) < 4.78 is 5.91. The molecule has 3 amide bonds. The SMILES string of the molecule is COc1ccc(NC(=O)CN2C(=O)SC(=Cc3cccc(Br)c3)C2=O)cc1Cl. The number of benzene rings is 2. The minimum Gasteiger partial charge on any atom is -0.495 e. The molecule has 0 bridgehead atoms. The Bertz CT molecular complexity index is 996. The summed E-state index contributed by atoms with van der Waals surface area (Å²) in [6.07, 6.45) is 1.62. The van der Waals surface area contributed by atoms with Crippen LogP contribution in [0.5, 0.6) is 5.75 Å². The molecule has 2 aromatic carbocycles. The molecule has 1 aliphatic rings. The molecule has 9 heteroatoms. The van der Waals surface area contributed by atoms with E-state index in [2.05, 4.69) is 21.2 Å². The first-order valence-corrected chi connectivity index (χ1v) is 10.0. The fraction of sp³-hybridized carbons (Fsp3) is 0.105. The number of imide groups is 1. The Labute approximate surface area is 179 Å². The first kappa shape index (κ1) is 20.4. The van der Waals surface area contributed by atoms with Crippen molar-refractivity contribution >= 4 is 68.1 Å². The summed E-state index contributed by atoms with van der Waals surface area (Å²) in [5.41, 5.74) is 1.21. The summed E-state index contributed by atoms with van der Waals surface area (Å²) in [7, 11) is 1.49. The molecule has 1 saturated heterocycles. The second-order valence-corrected chi connectivity index (χ2v) is 8.04. The number of thioether (sulfide) groups is 1. The molecule has 0 atom stereocenters. The van der Waals surface area contributed by atoms with Gasteiger partial charge < -0.3 is 10.1 Å². The van der Waals surface area contributed by atoms with E-state index in [1.165, 1.54) is 13.2 Å². The van der Waals surface area contributed by atoms with Crippen LogP contribution in [0.25, 0.3) is 6.08 Å². The van der Waals surface area contributed by atoms with E-state index in [4.69, 9.17) is 16.3 Å². The monoisotopic (exact) mass is 480 g/mol. The van der Waals surface area contributed by atoms with E-state index in [0.29, 0.717) is 16.5 Å². The van der Waals surface area contributed by atoms with Gasteiger partial charge in [0.25, 0.3) is 11.1 Å². The highest BCUT2D eigenvalue weighted by molar-refractivity contribution is 9.10. The van der Waals surface area contributed by atoms with Gasteiger partial charge in [-0.2, -0.15) is 0 Å². The predicted octanol–water partition coefficient (Wildman–Crippen LogP) is 4.79. The smallest absolute Gasteiger partial charge is 0.294 e. The van der Waals surface area contributed by atoms with E-state index in [-0.39, 0.29) is 11.4 Å². The Morgan fingerprint density at radius 2 is 2.07 bits per heavy atom. The lowest BCUT2D eigenvalue weighted by atomic mass is 10.2. The number of carbonyl (C=O) groups excluding carboxylic acids is 3. The zero-order valence-corrected chi connectivity index (χ0v) is 17.7. The highest BCUT2D eigenvalue weighted by Crippen LogP contribution is 2.32. The molecule has 0 radical (unpaired) electrons. The lowest BCUT2D eigenvalue weighted by Crippen LogP contribution is -2.36. The molecule has 28 heavy (non-hydrogen) atoms. The molecule has 0 saturated carbocycles. The fourth-order valence-electron chi connectivity index (χ4n) is 2.47. The van der Waals surface area contributed by atoms with E-state index in [1.807, 2.05) is 24.3 Å². The first-order valence-electron chi connectivity index (χ1n) is 8.01. The van der Waals surface area contributed by atoms with Crippen LogP contribution in [-0.2, 0) is 9.59 Å². The summed E-state index contributed by atoms with van der Waals surface area (Å²) in [6.45, 7) is -0.385. The summed E-state index contributed by atoms with van der Waals surface area (Å²) in [4.78, 5) is 38.1. The minimum atomic E-state index is -0.507. The van der Waals surface area contributed by atoms with Crippen LogP contribution < -0.4 is 10.1 Å². The molecule has 0 spiro atoms. The molecule has 1 fully saturated rings. The van der Waals surface area contributed by atoms with Crippen LogP contribution in [0.15, 0.2) is 51.8 Å². The number of nitrogens with one attached hydrogen (secondary N) is 1. The molecule has 1 N–H and O–H groups in total. The second-order valence-electron chi connectivity index (χ2n) is 5.72. The summed E-state index contributed by atoms with van der Waals surface area (Å²) in [6, 6.07) is 12.1. The van der Waals surface area contributed by atoms with E-state index < -0.39 is 17.1 Å². The quantitative estimate of drug-likeness (QED) is 0.622. The molecule has 2 aromatic rings. The molecular weight excluding hydrogens is 468 g/mol. The number of anilines is 1. The zero-order valence-electron chi connectivity index (χ0n) is 14.6. The van der Waals surface area contributed by atoms with Crippen LogP contribution in [0.3, 0.4) is 0 Å². The van der Waals surface area contributed by atoms with E-state index >= 15 is 0 Å². The Hall–Kier alpha value is -2.29. The van der Waals surface area contributed by atoms with E-state index in [9.17, 15) is 14.4 Å². The number of ether oxygens (including phenoxy) is 1. The van der Waals surface area contributed by atoms with Gasteiger partial charge in [0.05, 0.1) is 17.0 Å². The molecule has 0 aliphatic carbocycles. The third-order valence-electron chi connectivity index (χ3n) is 3.76. The van der Waals surface area contributed by atoms with Crippen LogP contribution >= 0.6 is 39.3 Å². The van der Waals surface area contributed by atoms with Crippen molar-refractivity contribution < 1.29 is 19.1 Å².